The number of benzene rings is 2. The van der Waals surface area contributed by atoms with Crippen LogP contribution < -0.4 is 9.62 Å². The van der Waals surface area contributed by atoms with E-state index in [9.17, 15) is 22.4 Å². The second-order valence-corrected chi connectivity index (χ2v) is 11.5. The highest BCUT2D eigenvalue weighted by Crippen LogP contribution is 2.28. The second-order valence-electron chi connectivity index (χ2n) is 8.78. The predicted molar refractivity (Wildman–Crippen MR) is 131 cm³/mol. The van der Waals surface area contributed by atoms with Gasteiger partial charge in [-0.1, -0.05) is 24.3 Å². The van der Waals surface area contributed by atoms with Gasteiger partial charge in [0.1, 0.15) is 18.4 Å². The summed E-state index contributed by atoms with van der Waals surface area (Å²) in [6.07, 6.45) is 1.01. The third-order valence-electron chi connectivity index (χ3n) is 4.73. The van der Waals surface area contributed by atoms with Gasteiger partial charge in [0.05, 0.1) is 11.9 Å². The molecule has 0 aliphatic carbocycles. The van der Waals surface area contributed by atoms with E-state index in [0.29, 0.717) is 15.7 Å². The maximum atomic E-state index is 13.4. The molecule has 2 aromatic rings. The number of amides is 2. The first-order chi connectivity index (χ1) is 15.2. The highest BCUT2D eigenvalue weighted by Gasteiger charge is 2.31. The van der Waals surface area contributed by atoms with Gasteiger partial charge in [0.15, 0.2) is 0 Å². The van der Waals surface area contributed by atoms with E-state index in [2.05, 4.69) is 21.2 Å². The number of halogens is 2. The van der Waals surface area contributed by atoms with Crippen LogP contribution in [0.5, 0.6) is 0 Å². The lowest BCUT2D eigenvalue weighted by Crippen LogP contribution is -2.54. The first-order valence-corrected chi connectivity index (χ1v) is 12.9. The first-order valence-electron chi connectivity index (χ1n) is 10.3. The van der Waals surface area contributed by atoms with Gasteiger partial charge >= 0.3 is 0 Å². The van der Waals surface area contributed by atoms with Gasteiger partial charge in [-0.15, -0.1) is 0 Å². The van der Waals surface area contributed by atoms with E-state index in [1.54, 1.807) is 31.2 Å². The van der Waals surface area contributed by atoms with E-state index >= 15 is 0 Å². The fourth-order valence-corrected chi connectivity index (χ4v) is 4.57. The number of hydrogen-bond donors (Lipinski definition) is 1. The fraction of sp³-hybridized carbons (Fsp3) is 0.391. The van der Waals surface area contributed by atoms with Crippen molar-refractivity contribution in [2.45, 2.75) is 45.8 Å². The van der Waals surface area contributed by atoms with Gasteiger partial charge in [-0.05, 0) is 73.5 Å². The Kier molecular flexibility index (Phi) is 8.64. The molecule has 33 heavy (non-hydrogen) atoms. The smallest absolute Gasteiger partial charge is 0.244 e. The van der Waals surface area contributed by atoms with Crippen LogP contribution in [0.1, 0.15) is 33.3 Å². The predicted octanol–water partition coefficient (Wildman–Crippen LogP) is 3.69. The van der Waals surface area contributed by atoms with Crippen LogP contribution in [0.3, 0.4) is 0 Å². The summed E-state index contributed by atoms with van der Waals surface area (Å²) in [5.41, 5.74) is 0.387. The number of nitrogens with one attached hydrogen (secondary N) is 1. The van der Waals surface area contributed by atoms with Crippen LogP contribution in [-0.4, -0.2) is 49.5 Å². The minimum Gasteiger partial charge on any atom is -0.350 e. The van der Waals surface area contributed by atoms with Crippen LogP contribution in [0.25, 0.3) is 0 Å². The number of para-hydroxylation sites is 1. The fourth-order valence-electron chi connectivity index (χ4n) is 3.09. The molecule has 1 N–H and O–H groups in total. The molecule has 0 unspecified atom stereocenters. The Morgan fingerprint density at radius 2 is 1.67 bits per heavy atom. The molecule has 2 amide bonds. The molecular formula is C23H29BrFN3O4S. The summed E-state index contributed by atoms with van der Waals surface area (Å²) in [4.78, 5) is 27.6. The SMILES string of the molecule is C[C@@H](C(=O)NC(C)(C)C)N(Cc1ccc(F)cc1)C(=O)CN(c1ccccc1Br)S(C)(=O)=O. The first kappa shape index (κ1) is 26.8. The highest BCUT2D eigenvalue weighted by molar-refractivity contribution is 9.10. The van der Waals surface area contributed by atoms with Crippen LogP contribution in [0.2, 0.25) is 0 Å². The number of sulfonamides is 1. The maximum Gasteiger partial charge on any atom is 0.244 e. The van der Waals surface area contributed by atoms with Gasteiger partial charge < -0.3 is 10.2 Å². The van der Waals surface area contributed by atoms with Crippen LogP contribution in [0.15, 0.2) is 53.0 Å². The van der Waals surface area contributed by atoms with Gasteiger partial charge in [0.2, 0.25) is 21.8 Å². The van der Waals surface area contributed by atoms with Crippen molar-refractivity contribution in [2.75, 3.05) is 17.1 Å². The lowest BCUT2D eigenvalue weighted by Gasteiger charge is -2.33. The zero-order valence-electron chi connectivity index (χ0n) is 19.3. The average Bonchev–Trinajstić information content (AvgIpc) is 2.69. The van der Waals surface area contributed by atoms with Gasteiger partial charge in [-0.2, -0.15) is 0 Å². The number of carbonyl (C=O) groups excluding carboxylic acids is 2. The molecule has 180 valence electrons. The largest absolute Gasteiger partial charge is 0.350 e. The molecule has 7 nitrogen and oxygen atoms in total. The number of carbonyl (C=O) groups is 2. The summed E-state index contributed by atoms with van der Waals surface area (Å²) in [5.74, 6) is -1.38. The number of rotatable bonds is 8. The van der Waals surface area contributed by atoms with Crippen molar-refractivity contribution in [3.8, 4) is 0 Å². The van der Waals surface area contributed by atoms with Gasteiger partial charge in [0, 0.05) is 16.6 Å². The molecule has 0 saturated heterocycles. The van der Waals surface area contributed by atoms with Crippen LogP contribution >= 0.6 is 15.9 Å². The lowest BCUT2D eigenvalue weighted by molar-refractivity contribution is -0.140. The standard InChI is InChI=1S/C23H29BrFN3O4S/c1-16(22(30)26-23(2,3)4)27(14-17-10-12-18(25)13-11-17)21(29)15-28(33(5,31)32)20-9-7-6-8-19(20)24/h6-13,16H,14-15H2,1-5H3,(H,26,30)/t16-/m0/s1. The molecule has 2 aromatic carbocycles. The molecule has 0 heterocycles. The third kappa shape index (κ3) is 7.82. The second kappa shape index (κ2) is 10.6. The molecule has 0 aromatic heterocycles. The van der Waals surface area contributed by atoms with Crippen LogP contribution in [0, 0.1) is 5.82 Å². The van der Waals surface area contributed by atoms with Crippen molar-refractivity contribution >= 4 is 43.5 Å². The van der Waals surface area contributed by atoms with E-state index in [1.165, 1.54) is 29.2 Å². The Bertz CT molecular complexity index is 1100. The van der Waals surface area contributed by atoms with E-state index in [1.807, 2.05) is 20.8 Å². The number of nitrogens with zero attached hydrogens (tertiary/aromatic N) is 2. The topological polar surface area (TPSA) is 86.8 Å². The summed E-state index contributed by atoms with van der Waals surface area (Å²) in [6, 6.07) is 11.3. The summed E-state index contributed by atoms with van der Waals surface area (Å²) in [7, 11) is -3.82. The highest BCUT2D eigenvalue weighted by atomic mass is 79.9. The zero-order valence-corrected chi connectivity index (χ0v) is 21.7. The van der Waals surface area contributed by atoms with Crippen molar-refractivity contribution in [1.29, 1.82) is 0 Å². The van der Waals surface area contributed by atoms with Crippen molar-refractivity contribution < 1.29 is 22.4 Å². The minimum absolute atomic E-state index is 0.00536. The molecule has 0 bridgehead atoms. The molecule has 0 fully saturated rings. The quantitative estimate of drug-likeness (QED) is 0.552. The molecule has 0 aliphatic rings. The van der Waals surface area contributed by atoms with Crippen molar-refractivity contribution in [2.24, 2.45) is 0 Å². The minimum atomic E-state index is -3.82. The van der Waals surface area contributed by atoms with E-state index in [-0.39, 0.29) is 12.5 Å². The Hall–Kier alpha value is -2.46. The summed E-state index contributed by atoms with van der Waals surface area (Å²) in [5, 5.41) is 2.84. The van der Waals surface area contributed by atoms with Crippen molar-refractivity contribution in [3.05, 3.63) is 64.4 Å². The molecule has 0 radical (unpaired) electrons. The molecule has 0 aliphatic heterocycles. The van der Waals surface area contributed by atoms with Crippen LogP contribution in [-0.2, 0) is 26.2 Å². The van der Waals surface area contributed by atoms with Gasteiger partial charge in [0.25, 0.3) is 0 Å². The molecular weight excluding hydrogens is 513 g/mol. The Balaban J connectivity index is 2.41. The maximum absolute atomic E-state index is 13.4. The van der Waals surface area contributed by atoms with Crippen molar-refractivity contribution in [3.63, 3.8) is 0 Å². The lowest BCUT2D eigenvalue weighted by atomic mass is 10.1. The van der Waals surface area contributed by atoms with E-state index in [0.717, 1.165) is 10.6 Å². The normalized spacial score (nSPS) is 12.7. The average molecular weight is 542 g/mol. The molecule has 2 rings (SSSR count). The van der Waals surface area contributed by atoms with Gasteiger partial charge in [-0.25, -0.2) is 12.8 Å². The van der Waals surface area contributed by atoms with E-state index < -0.39 is 39.9 Å². The van der Waals surface area contributed by atoms with Gasteiger partial charge in [-0.3, -0.25) is 13.9 Å². The van der Waals surface area contributed by atoms with Crippen LogP contribution in [0.4, 0.5) is 10.1 Å². The molecule has 10 heteroatoms. The van der Waals surface area contributed by atoms with Crippen molar-refractivity contribution in [1.82, 2.24) is 10.2 Å². The number of anilines is 1. The Labute approximate surface area is 203 Å². The summed E-state index contributed by atoms with van der Waals surface area (Å²) >= 11 is 3.33. The molecule has 0 saturated carbocycles. The summed E-state index contributed by atoms with van der Waals surface area (Å²) in [6.45, 7) is 6.54. The monoisotopic (exact) mass is 541 g/mol. The molecule has 0 spiro atoms. The van der Waals surface area contributed by atoms with E-state index in [4.69, 9.17) is 0 Å². The number of hydrogen-bond acceptors (Lipinski definition) is 4. The zero-order chi connectivity index (χ0) is 25.0. The Morgan fingerprint density at radius 3 is 2.18 bits per heavy atom. The third-order valence-corrected chi connectivity index (χ3v) is 6.53. The Morgan fingerprint density at radius 1 is 1.09 bits per heavy atom. The molecule has 1 atom stereocenters. The summed E-state index contributed by atoms with van der Waals surface area (Å²) < 4.78 is 39.9.